The minimum Gasteiger partial charge on any atom is -0.488 e. The van der Waals surface area contributed by atoms with Gasteiger partial charge in [0.25, 0.3) is 5.91 Å². The molecule has 3 heteroatoms. The Morgan fingerprint density at radius 1 is 1.00 bits per heavy atom. The second-order valence-corrected chi connectivity index (χ2v) is 5.74. The third kappa shape index (κ3) is 2.29. The van der Waals surface area contributed by atoms with Gasteiger partial charge in [-0.15, -0.1) is 0 Å². The molecule has 2 heterocycles. The Bertz CT molecular complexity index is 764. The summed E-state index contributed by atoms with van der Waals surface area (Å²) in [5.41, 5.74) is 4.32. The Morgan fingerprint density at radius 2 is 1.77 bits per heavy atom. The highest BCUT2D eigenvalue weighted by atomic mass is 16.5. The van der Waals surface area contributed by atoms with Crippen LogP contribution in [0.2, 0.25) is 0 Å². The van der Waals surface area contributed by atoms with Crippen LogP contribution in [0.1, 0.15) is 16.7 Å². The number of hydrogen-bond acceptors (Lipinski definition) is 2. The maximum Gasteiger partial charge on any atom is 0.253 e. The van der Waals surface area contributed by atoms with Gasteiger partial charge in [0.2, 0.25) is 0 Å². The van der Waals surface area contributed by atoms with Gasteiger partial charge in [-0.2, -0.15) is 0 Å². The van der Waals surface area contributed by atoms with E-state index < -0.39 is 0 Å². The minimum absolute atomic E-state index is 0.0870. The lowest BCUT2D eigenvalue weighted by Gasteiger charge is -2.30. The van der Waals surface area contributed by atoms with Crippen LogP contribution in [0.4, 0.5) is 0 Å². The highest BCUT2D eigenvalue weighted by Gasteiger charge is 2.25. The summed E-state index contributed by atoms with van der Waals surface area (Å²) >= 11 is 0. The largest absolute Gasteiger partial charge is 0.488 e. The molecule has 2 aliphatic heterocycles. The molecule has 0 saturated carbocycles. The summed E-state index contributed by atoms with van der Waals surface area (Å²) in [6, 6.07) is 16.2. The highest BCUT2D eigenvalue weighted by molar-refractivity contribution is 5.99. The number of carbonyl (C=O) groups excluding carboxylic acids is 1. The lowest BCUT2D eigenvalue weighted by molar-refractivity contribution is -0.128. The van der Waals surface area contributed by atoms with E-state index in [2.05, 4.69) is 18.2 Å². The van der Waals surface area contributed by atoms with E-state index in [4.69, 9.17) is 4.74 Å². The zero-order valence-electron chi connectivity index (χ0n) is 12.3. The fraction of sp³-hybridized carbons (Fsp3) is 0.211. The zero-order valence-corrected chi connectivity index (χ0v) is 12.3. The SMILES string of the molecule is O=C(C1=Cc2ccccc2OC1)N1CCc2ccccc2C1. The normalized spacial score (nSPS) is 16.2. The van der Waals surface area contributed by atoms with E-state index in [1.54, 1.807) is 0 Å². The molecular weight excluding hydrogens is 274 g/mol. The first-order chi connectivity index (χ1) is 10.8. The first-order valence-electron chi connectivity index (χ1n) is 7.60. The molecule has 1 amide bonds. The summed E-state index contributed by atoms with van der Waals surface area (Å²) in [4.78, 5) is 14.7. The van der Waals surface area contributed by atoms with Crippen LogP contribution in [0.25, 0.3) is 6.08 Å². The van der Waals surface area contributed by atoms with E-state index in [9.17, 15) is 4.79 Å². The Kier molecular flexibility index (Phi) is 3.19. The number of amides is 1. The third-order valence-electron chi connectivity index (χ3n) is 4.32. The summed E-state index contributed by atoms with van der Waals surface area (Å²) < 4.78 is 5.70. The Hall–Kier alpha value is -2.55. The maximum absolute atomic E-state index is 12.8. The van der Waals surface area contributed by atoms with Gasteiger partial charge in [-0.05, 0) is 29.7 Å². The number of nitrogens with zero attached hydrogens (tertiary/aromatic N) is 1. The average molecular weight is 291 g/mol. The number of para-hydroxylation sites is 1. The molecule has 0 unspecified atom stereocenters. The summed E-state index contributed by atoms with van der Waals surface area (Å²) in [5.74, 6) is 0.937. The Morgan fingerprint density at radius 3 is 2.68 bits per heavy atom. The van der Waals surface area contributed by atoms with Crippen molar-refractivity contribution in [2.24, 2.45) is 0 Å². The molecule has 2 aromatic carbocycles. The fourth-order valence-electron chi connectivity index (χ4n) is 3.11. The lowest BCUT2D eigenvalue weighted by atomic mass is 9.99. The molecule has 3 nitrogen and oxygen atoms in total. The molecule has 110 valence electrons. The molecule has 0 saturated heterocycles. The van der Waals surface area contributed by atoms with Crippen molar-refractivity contribution in [3.63, 3.8) is 0 Å². The van der Waals surface area contributed by atoms with Gasteiger partial charge < -0.3 is 9.64 Å². The number of rotatable bonds is 1. The lowest BCUT2D eigenvalue weighted by Crippen LogP contribution is -2.38. The summed E-state index contributed by atoms with van der Waals surface area (Å²) in [5, 5.41) is 0. The van der Waals surface area contributed by atoms with E-state index in [1.165, 1.54) is 11.1 Å². The number of benzene rings is 2. The molecule has 0 aliphatic carbocycles. The van der Waals surface area contributed by atoms with Crippen molar-refractivity contribution in [3.05, 3.63) is 70.8 Å². The first kappa shape index (κ1) is 13.1. The monoisotopic (exact) mass is 291 g/mol. The predicted molar refractivity (Wildman–Crippen MR) is 85.5 cm³/mol. The van der Waals surface area contributed by atoms with E-state index in [0.717, 1.165) is 29.9 Å². The number of fused-ring (bicyclic) bond motifs is 2. The van der Waals surface area contributed by atoms with E-state index in [1.807, 2.05) is 41.3 Å². The summed E-state index contributed by atoms with van der Waals surface area (Å²) in [7, 11) is 0. The second-order valence-electron chi connectivity index (χ2n) is 5.74. The molecule has 2 aliphatic rings. The van der Waals surface area contributed by atoms with Gasteiger partial charge in [0.05, 0.1) is 5.57 Å². The molecule has 0 radical (unpaired) electrons. The van der Waals surface area contributed by atoms with Crippen LogP contribution in [0.3, 0.4) is 0 Å². The van der Waals surface area contributed by atoms with Crippen molar-refractivity contribution >= 4 is 12.0 Å². The van der Waals surface area contributed by atoms with Crippen molar-refractivity contribution in [2.75, 3.05) is 13.2 Å². The topological polar surface area (TPSA) is 29.5 Å². The molecule has 0 aromatic heterocycles. The van der Waals surface area contributed by atoms with E-state index in [0.29, 0.717) is 13.2 Å². The molecule has 0 bridgehead atoms. The minimum atomic E-state index is 0.0870. The van der Waals surface area contributed by atoms with Crippen LogP contribution in [0.5, 0.6) is 5.75 Å². The summed E-state index contributed by atoms with van der Waals surface area (Å²) in [6.45, 7) is 1.82. The third-order valence-corrected chi connectivity index (χ3v) is 4.32. The molecule has 0 spiro atoms. The molecule has 2 aromatic rings. The van der Waals surface area contributed by atoms with Crippen LogP contribution >= 0.6 is 0 Å². The van der Waals surface area contributed by atoms with Gasteiger partial charge in [0.15, 0.2) is 0 Å². The molecule has 22 heavy (non-hydrogen) atoms. The standard InChI is InChI=1S/C19H17NO2/c21-19(17-11-15-6-3-4-8-18(15)22-13-17)20-10-9-14-5-1-2-7-16(14)12-20/h1-8,11H,9-10,12-13H2. The van der Waals surface area contributed by atoms with E-state index >= 15 is 0 Å². The molecule has 0 fully saturated rings. The smallest absolute Gasteiger partial charge is 0.253 e. The fourth-order valence-corrected chi connectivity index (χ4v) is 3.11. The molecule has 4 rings (SSSR count). The Balaban J connectivity index is 1.58. The van der Waals surface area contributed by atoms with E-state index in [-0.39, 0.29) is 5.91 Å². The van der Waals surface area contributed by atoms with Crippen LogP contribution in [-0.2, 0) is 17.8 Å². The van der Waals surface area contributed by atoms with Gasteiger partial charge in [0.1, 0.15) is 12.4 Å². The maximum atomic E-state index is 12.8. The second kappa shape index (κ2) is 5.34. The van der Waals surface area contributed by atoms with Crippen molar-refractivity contribution in [1.82, 2.24) is 4.90 Å². The van der Waals surface area contributed by atoms with Crippen molar-refractivity contribution in [2.45, 2.75) is 13.0 Å². The predicted octanol–water partition coefficient (Wildman–Crippen LogP) is 3.05. The number of ether oxygens (including phenoxy) is 1. The number of carbonyl (C=O) groups is 1. The van der Waals surface area contributed by atoms with Gasteiger partial charge in [-0.25, -0.2) is 0 Å². The van der Waals surface area contributed by atoms with Gasteiger partial charge in [0, 0.05) is 18.7 Å². The van der Waals surface area contributed by atoms with Crippen LogP contribution in [0, 0.1) is 0 Å². The number of hydrogen-bond donors (Lipinski definition) is 0. The highest BCUT2D eigenvalue weighted by Crippen LogP contribution is 2.27. The first-order valence-corrected chi connectivity index (χ1v) is 7.60. The van der Waals surface area contributed by atoms with Crippen molar-refractivity contribution in [3.8, 4) is 5.75 Å². The van der Waals surface area contributed by atoms with Crippen molar-refractivity contribution in [1.29, 1.82) is 0 Å². The van der Waals surface area contributed by atoms with Crippen LogP contribution in [0.15, 0.2) is 54.1 Å². The molecular formula is C19H17NO2. The van der Waals surface area contributed by atoms with Crippen molar-refractivity contribution < 1.29 is 9.53 Å². The molecule has 0 atom stereocenters. The quantitative estimate of drug-likeness (QED) is 0.808. The average Bonchev–Trinajstić information content (AvgIpc) is 2.60. The van der Waals surface area contributed by atoms with Crippen LogP contribution < -0.4 is 4.74 Å². The zero-order chi connectivity index (χ0) is 14.9. The van der Waals surface area contributed by atoms with Gasteiger partial charge >= 0.3 is 0 Å². The van der Waals surface area contributed by atoms with Gasteiger partial charge in [-0.1, -0.05) is 42.5 Å². The molecule has 0 N–H and O–H groups in total. The van der Waals surface area contributed by atoms with Crippen LogP contribution in [-0.4, -0.2) is 24.0 Å². The summed E-state index contributed by atoms with van der Waals surface area (Å²) in [6.07, 6.45) is 2.88. The van der Waals surface area contributed by atoms with Gasteiger partial charge in [-0.3, -0.25) is 4.79 Å². The Labute approximate surface area is 129 Å².